The summed E-state index contributed by atoms with van der Waals surface area (Å²) in [6, 6.07) is 17.2. The van der Waals surface area contributed by atoms with Crippen molar-refractivity contribution in [1.82, 2.24) is 9.88 Å². The quantitative estimate of drug-likeness (QED) is 0.489. The minimum Gasteiger partial charge on any atom is -0.490 e. The van der Waals surface area contributed by atoms with Crippen LogP contribution in [0, 0.1) is 0 Å². The third-order valence-electron chi connectivity index (χ3n) is 4.39. The van der Waals surface area contributed by atoms with Crippen molar-refractivity contribution in [3.05, 3.63) is 82.1 Å². The Hall–Kier alpha value is -4.07. The van der Waals surface area contributed by atoms with Crippen LogP contribution in [0.1, 0.15) is 20.7 Å². The summed E-state index contributed by atoms with van der Waals surface area (Å²) in [5.74, 6) is -0.0970. The average molecular weight is 391 g/mol. The average Bonchev–Trinajstić information content (AvgIpc) is 3.00. The highest BCUT2D eigenvalue weighted by molar-refractivity contribution is 6.23. The maximum atomic E-state index is 12.5. The summed E-state index contributed by atoms with van der Waals surface area (Å²) in [4.78, 5) is 36.3. The first-order chi connectivity index (χ1) is 14.0. The molecule has 0 atom stereocenters. The molecule has 0 saturated carbocycles. The van der Waals surface area contributed by atoms with E-state index in [-0.39, 0.29) is 16.9 Å². The molecular formula is C21H17N3O5. The van der Waals surface area contributed by atoms with Gasteiger partial charge in [0, 0.05) is 12.1 Å². The normalized spacial score (nSPS) is 12.4. The smallest absolute Gasteiger partial charge is 0.262 e. The number of nitrogen functional groups attached to an aromatic ring is 1. The van der Waals surface area contributed by atoms with Crippen LogP contribution in [-0.2, 0) is 0 Å². The van der Waals surface area contributed by atoms with E-state index in [1.165, 1.54) is 4.57 Å². The molecule has 0 unspecified atom stereocenters. The van der Waals surface area contributed by atoms with Gasteiger partial charge in [0.15, 0.2) is 0 Å². The first kappa shape index (κ1) is 18.3. The van der Waals surface area contributed by atoms with E-state index in [0.29, 0.717) is 24.7 Å². The lowest BCUT2D eigenvalue weighted by Crippen LogP contribution is -2.24. The molecule has 0 saturated heterocycles. The number of carbonyl (C=O) groups is 2. The van der Waals surface area contributed by atoms with Crippen LogP contribution in [-0.4, -0.2) is 29.6 Å². The molecule has 0 aliphatic carbocycles. The maximum Gasteiger partial charge on any atom is 0.262 e. The Morgan fingerprint density at radius 2 is 1.52 bits per heavy atom. The molecule has 0 bridgehead atoms. The lowest BCUT2D eigenvalue weighted by atomic mass is 10.1. The van der Waals surface area contributed by atoms with Gasteiger partial charge in [-0.2, -0.15) is 0 Å². The Morgan fingerprint density at radius 3 is 2.28 bits per heavy atom. The number of amides is 2. The van der Waals surface area contributed by atoms with Gasteiger partial charge in [0.2, 0.25) is 0 Å². The molecule has 2 aromatic carbocycles. The highest BCUT2D eigenvalue weighted by Gasteiger charge is 2.31. The zero-order chi connectivity index (χ0) is 20.4. The van der Waals surface area contributed by atoms with Gasteiger partial charge in [-0.1, -0.05) is 24.3 Å². The molecule has 4 rings (SSSR count). The third kappa shape index (κ3) is 3.55. The maximum absolute atomic E-state index is 12.5. The summed E-state index contributed by atoms with van der Waals surface area (Å²) in [6.45, 7) is 0.640. The van der Waals surface area contributed by atoms with Crippen LogP contribution in [0.25, 0.3) is 5.69 Å². The van der Waals surface area contributed by atoms with Gasteiger partial charge in [0.25, 0.3) is 17.4 Å². The Bertz CT molecular complexity index is 1150. The molecule has 29 heavy (non-hydrogen) atoms. The molecule has 3 N–H and O–H groups in total. The zero-order valence-corrected chi connectivity index (χ0v) is 15.3. The van der Waals surface area contributed by atoms with E-state index in [9.17, 15) is 14.4 Å². The first-order valence-electron chi connectivity index (χ1n) is 8.87. The lowest BCUT2D eigenvalue weighted by molar-refractivity contribution is 0.0880. The fourth-order valence-corrected chi connectivity index (χ4v) is 3.09. The number of pyridine rings is 1. The van der Waals surface area contributed by atoms with Crippen molar-refractivity contribution in [2.75, 3.05) is 18.9 Å². The first-order valence-corrected chi connectivity index (χ1v) is 8.87. The Morgan fingerprint density at radius 1 is 0.828 bits per heavy atom. The number of benzene rings is 2. The highest BCUT2D eigenvalue weighted by atomic mass is 16.5. The third-order valence-corrected chi connectivity index (χ3v) is 4.39. The summed E-state index contributed by atoms with van der Waals surface area (Å²) >= 11 is 0. The van der Waals surface area contributed by atoms with Crippen LogP contribution in [0.3, 0.4) is 0 Å². The summed E-state index contributed by atoms with van der Waals surface area (Å²) in [5, 5.41) is 2.14. The van der Waals surface area contributed by atoms with E-state index in [1.807, 2.05) is 30.3 Å². The number of fused-ring (bicyclic) bond motifs is 1. The Balaban J connectivity index is 1.54. The molecule has 1 aliphatic rings. The number of imide groups is 1. The molecule has 8 heteroatoms. The molecule has 2 heterocycles. The molecule has 0 fully saturated rings. The number of nitrogens with zero attached hydrogens (tertiary/aromatic N) is 1. The van der Waals surface area contributed by atoms with Gasteiger partial charge in [0.05, 0.1) is 16.8 Å². The molecule has 3 aromatic rings. The number of ether oxygens (including phenoxy) is 2. The number of nitrogens with two attached hydrogens (primary N) is 1. The number of para-hydroxylation sites is 1. The van der Waals surface area contributed by atoms with E-state index in [0.717, 1.165) is 11.8 Å². The standard InChI is InChI=1S/C21H17N3O5/c22-19-18-16(20(26)23-21(18)27)12-17(25)24(19)13-5-4-8-15(11-13)29-10-9-28-14-6-2-1-3-7-14/h1-8,11-12H,9-10,22H2,(H,23,26,27). The second-order valence-electron chi connectivity index (χ2n) is 6.28. The van der Waals surface area contributed by atoms with Gasteiger partial charge < -0.3 is 15.2 Å². The van der Waals surface area contributed by atoms with Crippen molar-refractivity contribution in [3.63, 3.8) is 0 Å². The van der Waals surface area contributed by atoms with Gasteiger partial charge >= 0.3 is 0 Å². The number of nitrogens with one attached hydrogen (secondary N) is 1. The molecule has 1 aliphatic heterocycles. The largest absolute Gasteiger partial charge is 0.490 e. The van der Waals surface area contributed by atoms with E-state index >= 15 is 0 Å². The van der Waals surface area contributed by atoms with E-state index in [4.69, 9.17) is 15.2 Å². The van der Waals surface area contributed by atoms with Crippen molar-refractivity contribution in [1.29, 1.82) is 0 Å². The van der Waals surface area contributed by atoms with E-state index in [1.54, 1.807) is 24.3 Å². The summed E-state index contributed by atoms with van der Waals surface area (Å²) in [5.41, 5.74) is 5.93. The number of rotatable bonds is 6. The second-order valence-corrected chi connectivity index (χ2v) is 6.28. The number of carbonyl (C=O) groups excluding carboxylic acids is 2. The predicted octanol–water partition coefficient (Wildman–Crippen LogP) is 1.76. The van der Waals surface area contributed by atoms with Crippen molar-refractivity contribution < 1.29 is 19.1 Å². The van der Waals surface area contributed by atoms with Crippen LogP contribution in [0.5, 0.6) is 11.5 Å². The number of hydrogen-bond acceptors (Lipinski definition) is 6. The van der Waals surface area contributed by atoms with Gasteiger partial charge in [-0.25, -0.2) is 0 Å². The molecule has 0 radical (unpaired) electrons. The summed E-state index contributed by atoms with van der Waals surface area (Å²) in [6.07, 6.45) is 0. The van der Waals surface area contributed by atoms with Gasteiger partial charge in [0.1, 0.15) is 30.5 Å². The van der Waals surface area contributed by atoms with Crippen molar-refractivity contribution in [2.24, 2.45) is 0 Å². The highest BCUT2D eigenvalue weighted by Crippen LogP contribution is 2.24. The second kappa shape index (κ2) is 7.51. The fourth-order valence-electron chi connectivity index (χ4n) is 3.09. The van der Waals surface area contributed by atoms with Crippen molar-refractivity contribution in [3.8, 4) is 17.2 Å². The molecular weight excluding hydrogens is 374 g/mol. The SMILES string of the molecule is Nc1c2c(cc(=O)n1-c1cccc(OCCOc3ccccc3)c1)C(=O)NC2=O. The summed E-state index contributed by atoms with van der Waals surface area (Å²) in [7, 11) is 0. The molecule has 8 nitrogen and oxygen atoms in total. The molecule has 146 valence electrons. The van der Waals surface area contributed by atoms with Crippen LogP contribution in [0.2, 0.25) is 0 Å². The fraction of sp³-hybridized carbons (Fsp3) is 0.0952. The van der Waals surface area contributed by atoms with E-state index < -0.39 is 17.4 Å². The molecule has 0 spiro atoms. The predicted molar refractivity (Wildman–Crippen MR) is 106 cm³/mol. The Kier molecular flexibility index (Phi) is 4.74. The number of hydrogen-bond donors (Lipinski definition) is 2. The molecule has 1 aromatic heterocycles. The number of anilines is 1. The monoisotopic (exact) mass is 391 g/mol. The van der Waals surface area contributed by atoms with Gasteiger partial charge in [-0.15, -0.1) is 0 Å². The van der Waals surface area contributed by atoms with Gasteiger partial charge in [-0.3, -0.25) is 24.3 Å². The van der Waals surface area contributed by atoms with Crippen molar-refractivity contribution >= 4 is 17.6 Å². The van der Waals surface area contributed by atoms with Gasteiger partial charge in [-0.05, 0) is 24.3 Å². The minimum atomic E-state index is -0.628. The minimum absolute atomic E-state index is 0.00261. The zero-order valence-electron chi connectivity index (χ0n) is 15.3. The summed E-state index contributed by atoms with van der Waals surface area (Å²) < 4.78 is 12.4. The number of aromatic nitrogens is 1. The topological polar surface area (TPSA) is 113 Å². The van der Waals surface area contributed by atoms with E-state index in [2.05, 4.69) is 5.32 Å². The Labute approximate surface area is 165 Å². The van der Waals surface area contributed by atoms with Crippen molar-refractivity contribution in [2.45, 2.75) is 0 Å². The molecule has 2 amide bonds. The van der Waals surface area contributed by atoms with Crippen LogP contribution < -0.4 is 26.1 Å². The van der Waals surface area contributed by atoms with Crippen LogP contribution in [0.15, 0.2) is 65.5 Å². The lowest BCUT2D eigenvalue weighted by Gasteiger charge is -2.13. The van der Waals surface area contributed by atoms with Crippen LogP contribution >= 0.6 is 0 Å². The van der Waals surface area contributed by atoms with Crippen LogP contribution in [0.4, 0.5) is 5.82 Å².